The van der Waals surface area contributed by atoms with Crippen molar-refractivity contribution in [1.29, 1.82) is 0 Å². The molecule has 1 amide bonds. The number of benzene rings is 1. The molecular weight excluding hydrogens is 218 g/mol. The molecule has 1 aromatic carbocycles. The van der Waals surface area contributed by atoms with Gasteiger partial charge < -0.3 is 15.5 Å². The summed E-state index contributed by atoms with van der Waals surface area (Å²) in [6.45, 7) is 2.07. The summed E-state index contributed by atoms with van der Waals surface area (Å²) in [6, 6.07) is 7.43. The minimum absolute atomic E-state index is 0.294. The zero-order chi connectivity index (χ0) is 12.1. The molecule has 5 nitrogen and oxygen atoms in total. The second-order valence-corrected chi connectivity index (χ2v) is 4.12. The second-order valence-electron chi connectivity index (χ2n) is 4.12. The number of hydrogen-bond acceptors (Lipinski definition) is 4. The Morgan fingerprint density at radius 3 is 2.59 bits per heavy atom. The van der Waals surface area contributed by atoms with Crippen molar-refractivity contribution < 1.29 is 9.63 Å². The van der Waals surface area contributed by atoms with Crippen LogP contribution in [0.25, 0.3) is 0 Å². The maximum absolute atomic E-state index is 11.5. The number of hydrogen-bond donors (Lipinski definition) is 2. The number of nitrogens with zero attached hydrogens (tertiary/aromatic N) is 1. The molecule has 3 N–H and O–H groups in total. The number of nitrogens with two attached hydrogens (primary N) is 1. The molecular formula is C12H17N3O2. The van der Waals surface area contributed by atoms with Gasteiger partial charge in [-0.25, -0.2) is 4.79 Å². The van der Waals surface area contributed by atoms with Crippen LogP contribution in [0.2, 0.25) is 0 Å². The van der Waals surface area contributed by atoms with Gasteiger partial charge in [-0.2, -0.15) is 0 Å². The van der Waals surface area contributed by atoms with Crippen molar-refractivity contribution in [3.63, 3.8) is 0 Å². The molecule has 1 aromatic rings. The van der Waals surface area contributed by atoms with Crippen LogP contribution in [0.1, 0.15) is 18.4 Å². The molecule has 2 rings (SSSR count). The van der Waals surface area contributed by atoms with E-state index in [-0.39, 0.29) is 6.09 Å². The van der Waals surface area contributed by atoms with Gasteiger partial charge in [-0.1, -0.05) is 12.1 Å². The van der Waals surface area contributed by atoms with Gasteiger partial charge in [0.05, 0.1) is 6.54 Å². The fourth-order valence-corrected chi connectivity index (χ4v) is 1.78. The molecule has 0 saturated carbocycles. The van der Waals surface area contributed by atoms with Gasteiger partial charge >= 0.3 is 6.09 Å². The van der Waals surface area contributed by atoms with E-state index < -0.39 is 0 Å². The van der Waals surface area contributed by atoms with Crippen LogP contribution < -0.4 is 11.2 Å². The lowest BCUT2D eigenvalue weighted by atomic mass is 10.2. The summed E-state index contributed by atoms with van der Waals surface area (Å²) in [7, 11) is 0. The number of carbonyl (C=O) groups excluding carboxylic acids is 1. The molecule has 0 bridgehead atoms. The van der Waals surface area contributed by atoms with Crippen molar-refractivity contribution in [1.82, 2.24) is 10.4 Å². The molecule has 0 aliphatic carbocycles. The van der Waals surface area contributed by atoms with Crippen molar-refractivity contribution in [2.45, 2.75) is 19.4 Å². The van der Waals surface area contributed by atoms with Gasteiger partial charge in [-0.05, 0) is 30.5 Å². The zero-order valence-electron chi connectivity index (χ0n) is 9.69. The topological polar surface area (TPSA) is 67.6 Å². The van der Waals surface area contributed by atoms with Crippen LogP contribution in [-0.4, -0.2) is 24.1 Å². The van der Waals surface area contributed by atoms with Crippen LogP contribution in [0.4, 0.5) is 10.5 Å². The third kappa shape index (κ3) is 3.35. The molecule has 17 heavy (non-hydrogen) atoms. The number of rotatable bonds is 3. The minimum Gasteiger partial charge on any atom is -0.399 e. The minimum atomic E-state index is -0.294. The number of hydroxylamine groups is 1. The van der Waals surface area contributed by atoms with E-state index in [0.29, 0.717) is 6.54 Å². The van der Waals surface area contributed by atoms with E-state index >= 15 is 0 Å². The predicted octanol–water partition coefficient (Wildman–Crippen LogP) is 1.51. The molecule has 0 aromatic heterocycles. The summed E-state index contributed by atoms with van der Waals surface area (Å²) in [4.78, 5) is 18.2. The first-order chi connectivity index (χ1) is 8.25. The van der Waals surface area contributed by atoms with Crippen molar-refractivity contribution in [2.24, 2.45) is 0 Å². The Morgan fingerprint density at radius 1 is 1.29 bits per heavy atom. The first-order valence-electron chi connectivity index (χ1n) is 5.79. The molecule has 0 atom stereocenters. The molecule has 0 radical (unpaired) electrons. The number of anilines is 1. The van der Waals surface area contributed by atoms with Crippen molar-refractivity contribution in [3.05, 3.63) is 29.8 Å². The molecule has 1 aliphatic heterocycles. The second kappa shape index (κ2) is 5.54. The largest absolute Gasteiger partial charge is 0.428 e. The molecule has 1 saturated heterocycles. The van der Waals surface area contributed by atoms with Crippen LogP contribution >= 0.6 is 0 Å². The first kappa shape index (κ1) is 11.7. The van der Waals surface area contributed by atoms with Crippen molar-refractivity contribution in [3.8, 4) is 0 Å². The van der Waals surface area contributed by atoms with E-state index in [4.69, 9.17) is 10.6 Å². The average molecular weight is 235 g/mol. The molecule has 0 spiro atoms. The predicted molar refractivity (Wildman–Crippen MR) is 65.0 cm³/mol. The number of amides is 1. The maximum Gasteiger partial charge on any atom is 0.428 e. The summed E-state index contributed by atoms with van der Waals surface area (Å²) in [5.74, 6) is 0. The SMILES string of the molecule is Nc1ccc(CNOC(=O)N2CCCC2)cc1. The average Bonchev–Trinajstić information content (AvgIpc) is 2.85. The zero-order valence-corrected chi connectivity index (χ0v) is 9.69. The fourth-order valence-electron chi connectivity index (χ4n) is 1.78. The number of likely N-dealkylation sites (tertiary alicyclic amines) is 1. The molecule has 1 aliphatic rings. The number of nitrogen functional groups attached to an aromatic ring is 1. The Morgan fingerprint density at radius 2 is 1.94 bits per heavy atom. The van der Waals surface area contributed by atoms with Crippen LogP contribution in [0.3, 0.4) is 0 Å². The normalized spacial score (nSPS) is 14.9. The molecule has 1 heterocycles. The lowest BCUT2D eigenvalue weighted by molar-refractivity contribution is 0.0581. The highest BCUT2D eigenvalue weighted by Crippen LogP contribution is 2.08. The molecule has 0 unspecified atom stereocenters. The van der Waals surface area contributed by atoms with Crippen molar-refractivity contribution >= 4 is 11.8 Å². The van der Waals surface area contributed by atoms with Gasteiger partial charge in [0.15, 0.2) is 0 Å². The summed E-state index contributed by atoms with van der Waals surface area (Å²) in [6.07, 6.45) is 1.83. The Bertz CT molecular complexity index is 372. The summed E-state index contributed by atoms with van der Waals surface area (Å²) < 4.78 is 0. The fraction of sp³-hybridized carbons (Fsp3) is 0.417. The van der Waals surface area contributed by atoms with Gasteiger partial charge in [-0.15, -0.1) is 5.48 Å². The van der Waals surface area contributed by atoms with E-state index in [9.17, 15) is 4.79 Å². The van der Waals surface area contributed by atoms with E-state index in [1.54, 1.807) is 4.90 Å². The van der Waals surface area contributed by atoms with Gasteiger partial charge in [0.1, 0.15) is 0 Å². The molecule has 92 valence electrons. The molecule has 1 fully saturated rings. The van der Waals surface area contributed by atoms with Gasteiger partial charge in [0, 0.05) is 18.8 Å². The lowest BCUT2D eigenvalue weighted by Crippen LogP contribution is -2.32. The van der Waals surface area contributed by atoms with Crippen LogP contribution in [0, 0.1) is 0 Å². The van der Waals surface area contributed by atoms with Crippen LogP contribution in [0.15, 0.2) is 24.3 Å². The quantitative estimate of drug-likeness (QED) is 0.615. The van der Waals surface area contributed by atoms with Gasteiger partial charge in [0.2, 0.25) is 0 Å². The standard InChI is InChI=1S/C12H17N3O2/c13-11-5-3-10(4-6-11)9-14-17-12(16)15-7-1-2-8-15/h3-6,14H,1-2,7-9,13H2. The Hall–Kier alpha value is -1.75. The lowest BCUT2D eigenvalue weighted by Gasteiger charge is -2.14. The van der Waals surface area contributed by atoms with E-state index in [1.807, 2.05) is 24.3 Å². The summed E-state index contributed by atoms with van der Waals surface area (Å²) in [5.41, 5.74) is 9.99. The van der Waals surface area contributed by atoms with E-state index in [0.717, 1.165) is 37.2 Å². The smallest absolute Gasteiger partial charge is 0.399 e. The van der Waals surface area contributed by atoms with E-state index in [1.165, 1.54) is 0 Å². The Balaban J connectivity index is 1.72. The Kier molecular flexibility index (Phi) is 3.82. The number of carbonyl (C=O) groups is 1. The summed E-state index contributed by atoms with van der Waals surface area (Å²) in [5, 5.41) is 0. The van der Waals surface area contributed by atoms with Gasteiger partial charge in [0.25, 0.3) is 0 Å². The highest BCUT2D eigenvalue weighted by molar-refractivity contribution is 5.67. The monoisotopic (exact) mass is 235 g/mol. The molecule has 5 heteroatoms. The highest BCUT2D eigenvalue weighted by Gasteiger charge is 2.18. The van der Waals surface area contributed by atoms with E-state index in [2.05, 4.69) is 5.48 Å². The van der Waals surface area contributed by atoms with Crippen LogP contribution in [-0.2, 0) is 11.4 Å². The van der Waals surface area contributed by atoms with Crippen molar-refractivity contribution in [2.75, 3.05) is 18.8 Å². The maximum atomic E-state index is 11.5. The third-order valence-corrected chi connectivity index (χ3v) is 2.78. The third-order valence-electron chi connectivity index (χ3n) is 2.78. The summed E-state index contributed by atoms with van der Waals surface area (Å²) >= 11 is 0. The van der Waals surface area contributed by atoms with Crippen LogP contribution in [0.5, 0.6) is 0 Å². The highest BCUT2D eigenvalue weighted by atomic mass is 16.7. The number of nitrogens with one attached hydrogen (secondary N) is 1. The van der Waals surface area contributed by atoms with Gasteiger partial charge in [-0.3, -0.25) is 0 Å². The Labute approximate surface area is 100 Å². The first-order valence-corrected chi connectivity index (χ1v) is 5.79.